The van der Waals surface area contributed by atoms with E-state index >= 15 is 0 Å². The molecule has 0 aromatic carbocycles. The molecule has 1 aliphatic rings. The monoisotopic (exact) mass is 296 g/mol. The molecule has 1 atom stereocenters. The molecule has 0 bridgehead atoms. The Labute approximate surface area is 96.1 Å². The normalized spacial score (nSPS) is 21.2. The summed E-state index contributed by atoms with van der Waals surface area (Å²) in [5.41, 5.74) is 0. The van der Waals surface area contributed by atoms with Crippen LogP contribution in [0.4, 0.5) is 0 Å². The van der Waals surface area contributed by atoms with Crippen LogP contribution in [0.25, 0.3) is 0 Å². The van der Waals surface area contributed by atoms with Crippen molar-refractivity contribution in [3.63, 3.8) is 0 Å². The first-order valence-electron chi connectivity index (χ1n) is 3.73. The second kappa shape index (κ2) is 4.84. The van der Waals surface area contributed by atoms with E-state index in [0.717, 1.165) is 13.5 Å². The van der Waals surface area contributed by atoms with Gasteiger partial charge < -0.3 is 0 Å². The van der Waals surface area contributed by atoms with E-state index in [1.807, 2.05) is 30.4 Å². The molecular formula is C7H8N2S3Se. The maximum atomic E-state index is 4.09. The Morgan fingerprint density at radius 2 is 2.54 bits per heavy atom. The van der Waals surface area contributed by atoms with Crippen LogP contribution in [0.5, 0.6) is 0 Å². The van der Waals surface area contributed by atoms with E-state index in [0.29, 0.717) is 15.0 Å². The van der Waals surface area contributed by atoms with Crippen LogP contribution in [0.1, 0.15) is 5.01 Å². The van der Waals surface area contributed by atoms with Crippen LogP contribution >= 0.6 is 34.9 Å². The quantitative estimate of drug-likeness (QED) is 0.630. The molecule has 0 radical (unpaired) electrons. The molecule has 0 aliphatic carbocycles. The maximum absolute atomic E-state index is 4.09. The summed E-state index contributed by atoms with van der Waals surface area (Å²) in [5.74, 6) is 1.17. The van der Waals surface area contributed by atoms with Gasteiger partial charge in [0.15, 0.2) is 0 Å². The number of rotatable bonds is 3. The van der Waals surface area contributed by atoms with Crippen molar-refractivity contribution in [2.75, 3.05) is 5.75 Å². The number of aryl methyl sites for hydroxylation is 1. The molecule has 0 spiro atoms. The van der Waals surface area contributed by atoms with Crippen LogP contribution in [-0.4, -0.2) is 35.1 Å². The molecule has 1 aromatic rings. The number of thioether (sulfide) groups is 2. The standard InChI is InChI=1S/C7H8N2S3Se/c1-5-8-9-7(12-5)11-4-6-10-2-3-13-6/h2-3,6H,4H2,1H3. The van der Waals surface area contributed by atoms with Gasteiger partial charge >= 0.3 is 96.6 Å². The van der Waals surface area contributed by atoms with Gasteiger partial charge in [0.1, 0.15) is 0 Å². The van der Waals surface area contributed by atoms with Crippen molar-refractivity contribution in [1.29, 1.82) is 0 Å². The van der Waals surface area contributed by atoms with Gasteiger partial charge in [0, 0.05) is 0 Å². The fraction of sp³-hybridized carbons (Fsp3) is 0.429. The summed E-state index contributed by atoms with van der Waals surface area (Å²) in [4.78, 5) is 2.30. The zero-order chi connectivity index (χ0) is 9.10. The fourth-order valence-corrected chi connectivity index (χ4v) is 6.62. The molecule has 0 amide bonds. The summed E-state index contributed by atoms with van der Waals surface area (Å²) in [6, 6.07) is 0. The molecule has 70 valence electrons. The first-order chi connectivity index (χ1) is 6.34. The third-order valence-electron chi connectivity index (χ3n) is 1.37. The second-order valence-corrected chi connectivity index (χ2v) is 8.94. The zero-order valence-corrected chi connectivity index (χ0v) is 11.1. The third kappa shape index (κ3) is 2.99. The summed E-state index contributed by atoms with van der Waals surface area (Å²) in [6.45, 7) is 2.00. The van der Waals surface area contributed by atoms with Crippen LogP contribution in [0.2, 0.25) is 0 Å². The number of hydrogen-bond donors (Lipinski definition) is 0. The Morgan fingerprint density at radius 3 is 3.15 bits per heavy atom. The second-order valence-electron chi connectivity index (χ2n) is 2.37. The molecule has 1 aromatic heterocycles. The molecule has 2 nitrogen and oxygen atoms in total. The first-order valence-corrected chi connectivity index (χ1v) is 8.46. The average Bonchev–Trinajstić information content (AvgIpc) is 2.71. The van der Waals surface area contributed by atoms with E-state index < -0.39 is 0 Å². The number of aromatic nitrogens is 2. The Bertz CT molecular complexity index is 304. The molecule has 13 heavy (non-hydrogen) atoms. The van der Waals surface area contributed by atoms with Gasteiger partial charge in [-0.15, -0.1) is 0 Å². The van der Waals surface area contributed by atoms with E-state index in [1.165, 1.54) is 5.75 Å². The summed E-state index contributed by atoms with van der Waals surface area (Å²) in [6.07, 6.45) is 0. The molecule has 0 N–H and O–H groups in total. The minimum atomic E-state index is 0.692. The van der Waals surface area contributed by atoms with Crippen LogP contribution in [0.3, 0.4) is 0 Å². The van der Waals surface area contributed by atoms with E-state index in [2.05, 4.69) is 20.6 Å². The molecule has 0 saturated heterocycles. The van der Waals surface area contributed by atoms with Crippen molar-refractivity contribution in [3.05, 3.63) is 15.4 Å². The summed E-state index contributed by atoms with van der Waals surface area (Å²) < 4.78 is 1.92. The summed E-state index contributed by atoms with van der Waals surface area (Å²) >= 11 is 6.17. The molecule has 1 unspecified atom stereocenters. The Morgan fingerprint density at radius 1 is 1.62 bits per heavy atom. The van der Waals surface area contributed by atoms with E-state index in [9.17, 15) is 0 Å². The van der Waals surface area contributed by atoms with Gasteiger partial charge in [-0.1, -0.05) is 0 Å². The topological polar surface area (TPSA) is 25.8 Å². The van der Waals surface area contributed by atoms with Crippen molar-refractivity contribution in [3.8, 4) is 0 Å². The van der Waals surface area contributed by atoms with Crippen molar-refractivity contribution >= 4 is 49.8 Å². The van der Waals surface area contributed by atoms with Gasteiger partial charge in [-0.25, -0.2) is 0 Å². The van der Waals surface area contributed by atoms with Gasteiger partial charge in [-0.05, 0) is 0 Å². The molecular weight excluding hydrogens is 287 g/mol. The Balaban J connectivity index is 1.79. The van der Waals surface area contributed by atoms with Crippen molar-refractivity contribution in [2.45, 2.75) is 15.4 Å². The van der Waals surface area contributed by atoms with Gasteiger partial charge in [0.2, 0.25) is 0 Å². The summed E-state index contributed by atoms with van der Waals surface area (Å²) in [5, 5.41) is 11.4. The fourth-order valence-electron chi connectivity index (χ4n) is 0.826. The molecule has 0 fully saturated rings. The first kappa shape index (κ1) is 10.1. The van der Waals surface area contributed by atoms with Crippen molar-refractivity contribution < 1.29 is 0 Å². The van der Waals surface area contributed by atoms with E-state index in [4.69, 9.17) is 0 Å². The molecule has 0 saturated carbocycles. The summed E-state index contributed by atoms with van der Waals surface area (Å²) in [7, 11) is 0. The SMILES string of the molecule is Cc1nnc(SCC2SC=C[Se]2)s1. The van der Waals surface area contributed by atoms with Crippen molar-refractivity contribution in [1.82, 2.24) is 10.2 Å². The Kier molecular flexibility index (Phi) is 3.75. The minimum absolute atomic E-state index is 0.692. The number of nitrogens with zero attached hydrogens (tertiary/aromatic N) is 2. The predicted molar refractivity (Wildman–Crippen MR) is 61.6 cm³/mol. The van der Waals surface area contributed by atoms with Gasteiger partial charge in [-0.3, -0.25) is 0 Å². The molecule has 2 rings (SSSR count). The third-order valence-corrected chi connectivity index (χ3v) is 8.15. The predicted octanol–water partition coefficient (Wildman–Crippen LogP) is 2.19. The van der Waals surface area contributed by atoms with Crippen LogP contribution in [0, 0.1) is 6.92 Å². The number of hydrogen-bond acceptors (Lipinski definition) is 5. The molecule has 2 heterocycles. The van der Waals surface area contributed by atoms with Crippen molar-refractivity contribution in [2.24, 2.45) is 0 Å². The Hall–Kier alpha value is 0.519. The molecule has 6 heteroatoms. The van der Waals surface area contributed by atoms with Gasteiger partial charge in [0.25, 0.3) is 0 Å². The van der Waals surface area contributed by atoms with Gasteiger partial charge in [-0.2, -0.15) is 0 Å². The zero-order valence-electron chi connectivity index (χ0n) is 6.97. The van der Waals surface area contributed by atoms with Crippen LogP contribution in [-0.2, 0) is 0 Å². The molecule has 1 aliphatic heterocycles. The van der Waals surface area contributed by atoms with E-state index in [1.54, 1.807) is 11.3 Å². The van der Waals surface area contributed by atoms with Gasteiger partial charge in [0.05, 0.1) is 0 Å². The average molecular weight is 295 g/mol. The van der Waals surface area contributed by atoms with Crippen LogP contribution in [0.15, 0.2) is 14.7 Å². The van der Waals surface area contributed by atoms with Crippen LogP contribution < -0.4 is 0 Å². The van der Waals surface area contributed by atoms with E-state index in [-0.39, 0.29) is 0 Å².